The third-order valence-corrected chi connectivity index (χ3v) is 2.26. The van der Waals surface area contributed by atoms with Crippen LogP contribution in [0.3, 0.4) is 0 Å². The fourth-order valence-electron chi connectivity index (χ4n) is 1.41. The van der Waals surface area contributed by atoms with E-state index in [1.807, 2.05) is 13.0 Å². The lowest BCUT2D eigenvalue weighted by Crippen LogP contribution is -2.32. The molecule has 16 heavy (non-hydrogen) atoms. The number of hydrogen-bond donors (Lipinski definition) is 1. The van der Waals surface area contributed by atoms with E-state index in [1.54, 1.807) is 24.3 Å². The van der Waals surface area contributed by atoms with Crippen LogP contribution in [0.4, 0.5) is 0 Å². The van der Waals surface area contributed by atoms with E-state index in [9.17, 15) is 9.90 Å². The molecule has 0 heterocycles. The molecule has 0 aliphatic heterocycles. The first kappa shape index (κ1) is 12.1. The molecule has 0 saturated carbocycles. The van der Waals surface area contributed by atoms with Crippen molar-refractivity contribution in [2.45, 2.75) is 13.3 Å². The molecule has 1 aromatic rings. The fraction of sp³-hybridized carbons (Fsp3) is 0.333. The zero-order valence-electron chi connectivity index (χ0n) is 9.18. The van der Waals surface area contributed by atoms with Crippen LogP contribution in [0.5, 0.6) is 5.75 Å². The van der Waals surface area contributed by atoms with Crippen molar-refractivity contribution in [3.8, 4) is 11.8 Å². The molecule has 0 spiro atoms. The Bertz CT molecular complexity index is 410. The van der Waals surface area contributed by atoms with E-state index in [4.69, 9.17) is 5.26 Å². The van der Waals surface area contributed by atoms with Gasteiger partial charge in [0.15, 0.2) is 0 Å². The topological polar surface area (TPSA) is 64.3 Å². The number of benzene rings is 1. The molecule has 4 heteroatoms. The van der Waals surface area contributed by atoms with Crippen LogP contribution in [0, 0.1) is 11.3 Å². The van der Waals surface area contributed by atoms with Crippen LogP contribution in [0.1, 0.15) is 12.5 Å². The quantitative estimate of drug-likeness (QED) is 0.775. The van der Waals surface area contributed by atoms with Crippen LogP contribution >= 0.6 is 0 Å². The van der Waals surface area contributed by atoms with Gasteiger partial charge in [-0.25, -0.2) is 0 Å². The first-order chi connectivity index (χ1) is 7.67. The summed E-state index contributed by atoms with van der Waals surface area (Å²) < 4.78 is 0. The molecule has 0 aliphatic rings. The molecule has 1 rings (SSSR count). The molecule has 0 unspecified atom stereocenters. The maximum atomic E-state index is 11.7. The highest BCUT2D eigenvalue weighted by Crippen LogP contribution is 2.12. The molecular weight excluding hydrogens is 204 g/mol. The maximum Gasteiger partial charge on any atom is 0.227 e. The van der Waals surface area contributed by atoms with E-state index in [0.29, 0.717) is 6.54 Å². The van der Waals surface area contributed by atoms with Crippen molar-refractivity contribution in [2.75, 3.05) is 13.1 Å². The van der Waals surface area contributed by atoms with Gasteiger partial charge in [-0.1, -0.05) is 12.1 Å². The number of rotatable bonds is 4. The lowest BCUT2D eigenvalue weighted by molar-refractivity contribution is -0.129. The van der Waals surface area contributed by atoms with Crippen molar-refractivity contribution in [3.05, 3.63) is 29.8 Å². The Hall–Kier alpha value is -2.02. The van der Waals surface area contributed by atoms with Crippen LogP contribution in [0.15, 0.2) is 24.3 Å². The van der Waals surface area contributed by atoms with Crippen molar-refractivity contribution < 1.29 is 9.90 Å². The Balaban J connectivity index is 2.67. The monoisotopic (exact) mass is 218 g/mol. The van der Waals surface area contributed by atoms with E-state index in [-0.39, 0.29) is 24.6 Å². The third kappa shape index (κ3) is 3.28. The summed E-state index contributed by atoms with van der Waals surface area (Å²) in [5.74, 6) is 0.0447. The zero-order chi connectivity index (χ0) is 12.0. The second-order valence-electron chi connectivity index (χ2n) is 3.41. The Morgan fingerprint density at radius 1 is 1.56 bits per heavy atom. The fourth-order valence-corrected chi connectivity index (χ4v) is 1.41. The summed E-state index contributed by atoms with van der Waals surface area (Å²) in [6.07, 6.45) is 0.212. The van der Waals surface area contributed by atoms with Crippen molar-refractivity contribution in [1.82, 2.24) is 4.90 Å². The molecule has 0 fully saturated rings. The maximum absolute atomic E-state index is 11.7. The minimum Gasteiger partial charge on any atom is -0.508 e. The molecule has 1 amide bonds. The SMILES string of the molecule is CCN(CC#N)C(=O)Cc1cccc(O)c1. The molecule has 0 bridgehead atoms. The van der Waals surface area contributed by atoms with Crippen molar-refractivity contribution in [3.63, 3.8) is 0 Å². The van der Waals surface area contributed by atoms with Crippen LogP contribution < -0.4 is 0 Å². The lowest BCUT2D eigenvalue weighted by atomic mass is 10.1. The molecule has 1 N–H and O–H groups in total. The molecule has 0 saturated heterocycles. The number of phenolic OH excluding ortho intramolecular Hbond substituents is 1. The number of nitrogens with zero attached hydrogens (tertiary/aromatic N) is 2. The predicted molar refractivity (Wildman–Crippen MR) is 59.7 cm³/mol. The van der Waals surface area contributed by atoms with Gasteiger partial charge in [0.05, 0.1) is 12.5 Å². The van der Waals surface area contributed by atoms with E-state index >= 15 is 0 Å². The number of carbonyl (C=O) groups excluding carboxylic acids is 1. The van der Waals surface area contributed by atoms with E-state index in [1.165, 1.54) is 4.90 Å². The summed E-state index contributed by atoms with van der Waals surface area (Å²) in [5.41, 5.74) is 0.751. The highest BCUT2D eigenvalue weighted by Gasteiger charge is 2.11. The normalized spacial score (nSPS) is 9.50. The number of aromatic hydroxyl groups is 1. The Labute approximate surface area is 94.7 Å². The number of likely N-dealkylation sites (N-methyl/N-ethyl adjacent to an activating group) is 1. The van der Waals surface area contributed by atoms with Gasteiger partial charge in [-0.3, -0.25) is 4.79 Å². The van der Waals surface area contributed by atoms with Crippen LogP contribution in [0.25, 0.3) is 0 Å². The molecule has 0 atom stereocenters. The minimum atomic E-state index is -0.102. The van der Waals surface area contributed by atoms with E-state index in [2.05, 4.69) is 0 Å². The van der Waals surface area contributed by atoms with Crippen LogP contribution in [0.2, 0.25) is 0 Å². The van der Waals surface area contributed by atoms with Crippen LogP contribution in [-0.4, -0.2) is 29.0 Å². The van der Waals surface area contributed by atoms with Crippen molar-refractivity contribution in [2.24, 2.45) is 0 Å². The Morgan fingerprint density at radius 3 is 2.88 bits per heavy atom. The summed E-state index contributed by atoms with van der Waals surface area (Å²) in [6.45, 7) is 2.46. The summed E-state index contributed by atoms with van der Waals surface area (Å²) in [7, 11) is 0. The van der Waals surface area contributed by atoms with Gasteiger partial charge < -0.3 is 10.0 Å². The zero-order valence-corrected chi connectivity index (χ0v) is 9.18. The Kier molecular flexibility index (Phi) is 4.34. The lowest BCUT2D eigenvalue weighted by Gasteiger charge is -2.17. The van der Waals surface area contributed by atoms with Gasteiger partial charge >= 0.3 is 0 Å². The minimum absolute atomic E-state index is 0.102. The summed E-state index contributed by atoms with van der Waals surface area (Å²) in [5, 5.41) is 17.8. The molecule has 0 radical (unpaired) electrons. The van der Waals surface area contributed by atoms with Gasteiger partial charge in [-0.2, -0.15) is 5.26 Å². The molecule has 84 valence electrons. The molecule has 0 aromatic heterocycles. The summed E-state index contributed by atoms with van der Waals surface area (Å²) in [4.78, 5) is 13.2. The highest BCUT2D eigenvalue weighted by molar-refractivity contribution is 5.79. The Morgan fingerprint density at radius 2 is 2.31 bits per heavy atom. The second kappa shape index (κ2) is 5.76. The van der Waals surface area contributed by atoms with E-state index in [0.717, 1.165) is 5.56 Å². The summed E-state index contributed by atoms with van der Waals surface area (Å²) in [6, 6.07) is 8.53. The molecule has 0 aliphatic carbocycles. The largest absolute Gasteiger partial charge is 0.508 e. The number of amides is 1. The van der Waals surface area contributed by atoms with Crippen LogP contribution in [-0.2, 0) is 11.2 Å². The third-order valence-electron chi connectivity index (χ3n) is 2.26. The number of hydrogen-bond acceptors (Lipinski definition) is 3. The molecule has 1 aromatic carbocycles. The van der Waals surface area contributed by atoms with Gasteiger partial charge in [-0.05, 0) is 24.6 Å². The molecule has 4 nitrogen and oxygen atoms in total. The number of carbonyl (C=O) groups is 1. The van der Waals surface area contributed by atoms with Crippen molar-refractivity contribution >= 4 is 5.91 Å². The average molecular weight is 218 g/mol. The second-order valence-corrected chi connectivity index (χ2v) is 3.41. The first-order valence-corrected chi connectivity index (χ1v) is 5.10. The van der Waals surface area contributed by atoms with Gasteiger partial charge in [-0.15, -0.1) is 0 Å². The van der Waals surface area contributed by atoms with E-state index < -0.39 is 0 Å². The van der Waals surface area contributed by atoms with Gasteiger partial charge in [0.1, 0.15) is 12.3 Å². The standard InChI is InChI=1S/C12H14N2O2/c1-2-14(7-6-13)12(16)9-10-4-3-5-11(15)8-10/h3-5,8,15H,2,7,9H2,1H3. The van der Waals surface area contributed by atoms with Gasteiger partial charge in [0, 0.05) is 6.54 Å². The van der Waals surface area contributed by atoms with Gasteiger partial charge in [0.2, 0.25) is 5.91 Å². The predicted octanol–water partition coefficient (Wildman–Crippen LogP) is 1.31. The number of nitriles is 1. The number of phenols is 1. The smallest absolute Gasteiger partial charge is 0.227 e. The highest BCUT2D eigenvalue weighted by atomic mass is 16.3. The average Bonchev–Trinajstić information content (AvgIpc) is 2.25. The van der Waals surface area contributed by atoms with Crippen molar-refractivity contribution in [1.29, 1.82) is 5.26 Å². The molecular formula is C12H14N2O2. The first-order valence-electron chi connectivity index (χ1n) is 5.10. The van der Waals surface area contributed by atoms with Gasteiger partial charge in [0.25, 0.3) is 0 Å². The summed E-state index contributed by atoms with van der Waals surface area (Å²) >= 11 is 0.